The normalized spacial score (nSPS) is 22.2. The summed E-state index contributed by atoms with van der Waals surface area (Å²) in [6.45, 7) is 0.927. The lowest BCUT2D eigenvalue weighted by molar-refractivity contribution is -0.127. The van der Waals surface area contributed by atoms with E-state index < -0.39 is 12.6 Å². The Hall–Kier alpha value is -0.620. The third-order valence-electron chi connectivity index (χ3n) is 2.34. The molecule has 0 radical (unpaired) electrons. The van der Waals surface area contributed by atoms with Crippen molar-refractivity contribution in [1.82, 2.24) is 10.3 Å². The SMILES string of the molecule is FC(F)(F)Cc1nc([C@H]2CCCN2)cs1. The van der Waals surface area contributed by atoms with Gasteiger partial charge in [-0.2, -0.15) is 13.2 Å². The van der Waals surface area contributed by atoms with Gasteiger partial charge in [0, 0.05) is 5.38 Å². The predicted molar refractivity (Wildman–Crippen MR) is 51.9 cm³/mol. The Morgan fingerprint density at radius 3 is 2.93 bits per heavy atom. The van der Waals surface area contributed by atoms with E-state index >= 15 is 0 Å². The van der Waals surface area contributed by atoms with Crippen LogP contribution in [0.2, 0.25) is 0 Å². The number of aromatic nitrogens is 1. The zero-order chi connectivity index (χ0) is 10.9. The minimum atomic E-state index is -4.15. The molecule has 0 saturated carbocycles. The number of hydrogen-bond donors (Lipinski definition) is 1. The number of hydrogen-bond acceptors (Lipinski definition) is 3. The summed E-state index contributed by atoms with van der Waals surface area (Å²) in [7, 11) is 0. The number of nitrogens with zero attached hydrogens (tertiary/aromatic N) is 1. The van der Waals surface area contributed by atoms with Crippen molar-refractivity contribution in [3.05, 3.63) is 16.1 Å². The van der Waals surface area contributed by atoms with Crippen molar-refractivity contribution in [2.24, 2.45) is 0 Å². The van der Waals surface area contributed by atoms with Gasteiger partial charge < -0.3 is 5.32 Å². The molecule has 84 valence electrons. The molecule has 0 aliphatic carbocycles. The molecular weight excluding hydrogens is 225 g/mol. The topological polar surface area (TPSA) is 24.9 Å². The molecule has 1 fully saturated rings. The van der Waals surface area contributed by atoms with Gasteiger partial charge >= 0.3 is 6.18 Å². The average Bonchev–Trinajstić information content (AvgIpc) is 2.68. The second kappa shape index (κ2) is 4.09. The Labute approximate surface area is 89.5 Å². The molecule has 0 spiro atoms. The van der Waals surface area contributed by atoms with E-state index in [1.54, 1.807) is 5.38 Å². The summed E-state index contributed by atoms with van der Waals surface area (Å²) in [5.41, 5.74) is 0.761. The van der Waals surface area contributed by atoms with Crippen LogP contribution in [-0.2, 0) is 6.42 Å². The van der Waals surface area contributed by atoms with Crippen molar-refractivity contribution in [3.63, 3.8) is 0 Å². The van der Waals surface area contributed by atoms with Gasteiger partial charge in [-0.15, -0.1) is 11.3 Å². The van der Waals surface area contributed by atoms with Crippen LogP contribution in [0.15, 0.2) is 5.38 Å². The molecule has 1 aromatic rings. The van der Waals surface area contributed by atoms with Crippen LogP contribution < -0.4 is 5.32 Å². The molecule has 1 aromatic heterocycles. The summed E-state index contributed by atoms with van der Waals surface area (Å²) >= 11 is 1.09. The van der Waals surface area contributed by atoms with Crippen molar-refractivity contribution < 1.29 is 13.2 Å². The van der Waals surface area contributed by atoms with Crippen LogP contribution in [0.5, 0.6) is 0 Å². The summed E-state index contributed by atoms with van der Waals surface area (Å²) in [5.74, 6) is 0. The van der Waals surface area contributed by atoms with Crippen LogP contribution in [0.4, 0.5) is 13.2 Å². The summed E-state index contributed by atoms with van der Waals surface area (Å²) in [6, 6.07) is 0.156. The molecule has 1 N–H and O–H groups in total. The molecule has 0 unspecified atom stereocenters. The van der Waals surface area contributed by atoms with Crippen molar-refractivity contribution in [2.45, 2.75) is 31.5 Å². The minimum Gasteiger partial charge on any atom is -0.309 e. The van der Waals surface area contributed by atoms with Gasteiger partial charge in [-0.05, 0) is 19.4 Å². The van der Waals surface area contributed by atoms with Crippen molar-refractivity contribution in [1.29, 1.82) is 0 Å². The zero-order valence-electron chi connectivity index (χ0n) is 7.97. The Kier molecular flexibility index (Phi) is 2.97. The van der Waals surface area contributed by atoms with Crippen LogP contribution in [0.25, 0.3) is 0 Å². The molecule has 2 heterocycles. The van der Waals surface area contributed by atoms with Gasteiger partial charge in [0.2, 0.25) is 0 Å². The summed E-state index contributed by atoms with van der Waals surface area (Å²) in [5, 5.41) is 5.10. The first-order chi connectivity index (χ1) is 7.04. The largest absolute Gasteiger partial charge is 0.395 e. The molecule has 15 heavy (non-hydrogen) atoms. The van der Waals surface area contributed by atoms with E-state index in [0.29, 0.717) is 0 Å². The van der Waals surface area contributed by atoms with Crippen molar-refractivity contribution in [3.8, 4) is 0 Å². The van der Waals surface area contributed by atoms with Gasteiger partial charge in [-0.1, -0.05) is 0 Å². The van der Waals surface area contributed by atoms with Gasteiger partial charge in [0.25, 0.3) is 0 Å². The zero-order valence-corrected chi connectivity index (χ0v) is 8.79. The van der Waals surface area contributed by atoms with E-state index in [9.17, 15) is 13.2 Å². The Morgan fingerprint density at radius 2 is 2.33 bits per heavy atom. The standard InChI is InChI=1S/C9H11F3N2S/c10-9(11,12)4-8-14-7(5-15-8)6-2-1-3-13-6/h5-6,13H,1-4H2/t6-/m1/s1. The predicted octanol–water partition coefficient (Wildman–Crippen LogP) is 2.67. The third-order valence-corrected chi connectivity index (χ3v) is 3.21. The van der Waals surface area contributed by atoms with E-state index in [4.69, 9.17) is 0 Å². The van der Waals surface area contributed by atoms with E-state index in [1.165, 1.54) is 0 Å². The van der Waals surface area contributed by atoms with Crippen LogP contribution in [0, 0.1) is 0 Å². The highest BCUT2D eigenvalue weighted by Crippen LogP contribution is 2.28. The summed E-state index contributed by atoms with van der Waals surface area (Å²) in [6.07, 6.45) is -3.03. The first kappa shape index (κ1) is 10.9. The molecule has 1 saturated heterocycles. The maximum Gasteiger partial charge on any atom is 0.395 e. The second-order valence-corrected chi connectivity index (χ2v) is 4.55. The van der Waals surface area contributed by atoms with Crippen LogP contribution in [0.1, 0.15) is 29.6 Å². The molecular formula is C9H11F3N2S. The number of thiazole rings is 1. The maximum atomic E-state index is 12.1. The second-order valence-electron chi connectivity index (χ2n) is 3.61. The number of halogens is 3. The van der Waals surface area contributed by atoms with Gasteiger partial charge in [-0.25, -0.2) is 4.98 Å². The first-order valence-electron chi connectivity index (χ1n) is 4.79. The number of rotatable bonds is 2. The molecule has 0 bridgehead atoms. The maximum absolute atomic E-state index is 12.1. The van der Waals surface area contributed by atoms with Gasteiger partial charge in [0.1, 0.15) is 5.01 Å². The highest BCUT2D eigenvalue weighted by atomic mass is 32.1. The van der Waals surface area contributed by atoms with Crippen molar-refractivity contribution >= 4 is 11.3 Å². The molecule has 2 rings (SSSR count). The van der Waals surface area contributed by atoms with E-state index in [-0.39, 0.29) is 11.0 Å². The van der Waals surface area contributed by atoms with E-state index in [1.807, 2.05) is 0 Å². The molecule has 0 aromatic carbocycles. The van der Waals surface area contributed by atoms with Crippen LogP contribution >= 0.6 is 11.3 Å². The Morgan fingerprint density at radius 1 is 1.53 bits per heavy atom. The fourth-order valence-corrected chi connectivity index (χ4v) is 2.55. The van der Waals surface area contributed by atoms with Crippen molar-refractivity contribution in [2.75, 3.05) is 6.54 Å². The lowest BCUT2D eigenvalue weighted by Gasteiger charge is -2.05. The van der Waals surface area contributed by atoms with Crippen LogP contribution in [-0.4, -0.2) is 17.7 Å². The first-order valence-corrected chi connectivity index (χ1v) is 5.67. The number of alkyl halides is 3. The quantitative estimate of drug-likeness (QED) is 0.854. The van der Waals surface area contributed by atoms with E-state index in [2.05, 4.69) is 10.3 Å². The van der Waals surface area contributed by atoms with Gasteiger partial charge in [0.15, 0.2) is 0 Å². The lowest BCUT2D eigenvalue weighted by atomic mass is 10.2. The molecule has 1 atom stereocenters. The lowest BCUT2D eigenvalue weighted by Crippen LogP contribution is -2.14. The molecule has 1 aliphatic heterocycles. The highest BCUT2D eigenvalue weighted by molar-refractivity contribution is 7.09. The Bertz CT molecular complexity index is 328. The van der Waals surface area contributed by atoms with Crippen LogP contribution in [0.3, 0.4) is 0 Å². The smallest absolute Gasteiger partial charge is 0.309 e. The third kappa shape index (κ3) is 2.92. The van der Waals surface area contributed by atoms with E-state index in [0.717, 1.165) is 36.4 Å². The minimum absolute atomic E-state index is 0.156. The molecule has 0 amide bonds. The highest BCUT2D eigenvalue weighted by Gasteiger charge is 2.30. The molecule has 1 aliphatic rings. The summed E-state index contributed by atoms with van der Waals surface area (Å²) < 4.78 is 36.2. The fourth-order valence-electron chi connectivity index (χ4n) is 1.67. The van der Waals surface area contributed by atoms with Gasteiger partial charge in [-0.3, -0.25) is 0 Å². The van der Waals surface area contributed by atoms with Gasteiger partial charge in [0.05, 0.1) is 18.2 Å². The fraction of sp³-hybridized carbons (Fsp3) is 0.667. The summed E-state index contributed by atoms with van der Waals surface area (Å²) in [4.78, 5) is 4.01. The molecule has 6 heteroatoms. The Balaban J connectivity index is 2.03. The number of nitrogens with one attached hydrogen (secondary N) is 1. The monoisotopic (exact) mass is 236 g/mol. The average molecular weight is 236 g/mol. The molecule has 2 nitrogen and oxygen atoms in total.